The van der Waals surface area contributed by atoms with Crippen LogP contribution in [-0.2, 0) is 9.53 Å². The molecule has 0 saturated carbocycles. The summed E-state index contributed by atoms with van der Waals surface area (Å²) in [6.07, 6.45) is -0.752. The van der Waals surface area contributed by atoms with Gasteiger partial charge in [0.05, 0.1) is 10.6 Å². The van der Waals surface area contributed by atoms with Gasteiger partial charge in [-0.15, -0.1) is 12.4 Å². The number of carbonyl (C=O) groups is 2. The third-order valence-electron chi connectivity index (χ3n) is 2.29. The van der Waals surface area contributed by atoms with Crippen molar-refractivity contribution in [2.75, 3.05) is 19.0 Å². The fourth-order valence-electron chi connectivity index (χ4n) is 1.32. The predicted molar refractivity (Wildman–Crippen MR) is 75.7 cm³/mol. The third-order valence-corrected chi connectivity index (χ3v) is 2.62. The minimum absolute atomic E-state index is 0. The molecule has 0 aliphatic rings. The Kier molecular flexibility index (Phi) is 7.40. The molecule has 19 heavy (non-hydrogen) atoms. The van der Waals surface area contributed by atoms with Gasteiger partial charge in [-0.25, -0.2) is 0 Å². The Morgan fingerprint density at radius 1 is 1.47 bits per heavy atom. The van der Waals surface area contributed by atoms with Crippen molar-refractivity contribution in [3.63, 3.8) is 0 Å². The second-order valence-corrected chi connectivity index (χ2v) is 3.92. The molecule has 0 spiro atoms. The van der Waals surface area contributed by atoms with Gasteiger partial charge in [0.1, 0.15) is 6.10 Å². The summed E-state index contributed by atoms with van der Waals surface area (Å²) in [6.45, 7) is 0.0542. The predicted octanol–water partition coefficient (Wildman–Crippen LogP) is 0.773. The highest BCUT2D eigenvalue weighted by molar-refractivity contribution is 6.34. The number of primary amides is 1. The molecule has 0 aliphatic carbocycles. The van der Waals surface area contributed by atoms with E-state index in [-0.39, 0.29) is 29.5 Å². The standard InChI is InChI=1S/C11H14ClN3O3.ClH/c1-18-9(5-13)11(17)15-6-2-3-8(12)7(4-6)10(14)16;/h2-4,9H,5,13H2,1H3,(H2,14,16)(H,15,17);1H. The molecule has 0 aliphatic heterocycles. The van der Waals surface area contributed by atoms with Crippen LogP contribution >= 0.6 is 24.0 Å². The molecular formula is C11H15Cl2N3O3. The quantitative estimate of drug-likeness (QED) is 0.746. The number of halogens is 2. The molecule has 106 valence electrons. The molecule has 5 N–H and O–H groups in total. The van der Waals surface area contributed by atoms with E-state index in [9.17, 15) is 9.59 Å². The van der Waals surface area contributed by atoms with Crippen LogP contribution in [-0.4, -0.2) is 31.6 Å². The number of rotatable bonds is 5. The first-order valence-electron chi connectivity index (χ1n) is 5.12. The molecule has 1 aromatic rings. The average Bonchev–Trinajstić information content (AvgIpc) is 2.32. The second-order valence-electron chi connectivity index (χ2n) is 3.51. The van der Waals surface area contributed by atoms with Crippen LogP contribution in [0.2, 0.25) is 5.02 Å². The highest BCUT2D eigenvalue weighted by Gasteiger charge is 2.16. The maximum Gasteiger partial charge on any atom is 0.254 e. The Bertz CT molecular complexity index is 464. The SMILES string of the molecule is COC(CN)C(=O)Nc1ccc(Cl)c(C(N)=O)c1.Cl. The summed E-state index contributed by atoms with van der Waals surface area (Å²) in [5, 5.41) is 2.78. The van der Waals surface area contributed by atoms with Gasteiger partial charge in [0.25, 0.3) is 5.91 Å². The lowest BCUT2D eigenvalue weighted by atomic mass is 10.2. The summed E-state index contributed by atoms with van der Waals surface area (Å²) in [5.41, 5.74) is 11.0. The smallest absolute Gasteiger partial charge is 0.254 e. The van der Waals surface area contributed by atoms with Gasteiger partial charge in [-0.3, -0.25) is 9.59 Å². The minimum Gasteiger partial charge on any atom is -0.370 e. The van der Waals surface area contributed by atoms with Crippen molar-refractivity contribution < 1.29 is 14.3 Å². The Labute approximate surface area is 121 Å². The molecule has 1 atom stereocenters. The molecule has 6 nitrogen and oxygen atoms in total. The molecule has 1 aromatic carbocycles. The first kappa shape index (κ1) is 17.7. The van der Waals surface area contributed by atoms with E-state index < -0.39 is 17.9 Å². The zero-order valence-corrected chi connectivity index (χ0v) is 11.8. The van der Waals surface area contributed by atoms with Crippen LogP contribution in [0.15, 0.2) is 18.2 Å². The van der Waals surface area contributed by atoms with Gasteiger partial charge in [0, 0.05) is 19.3 Å². The van der Waals surface area contributed by atoms with Gasteiger partial charge in [-0.05, 0) is 18.2 Å². The topological polar surface area (TPSA) is 107 Å². The number of anilines is 1. The first-order valence-corrected chi connectivity index (χ1v) is 5.50. The third kappa shape index (κ3) is 4.68. The molecule has 0 saturated heterocycles. The maximum absolute atomic E-state index is 11.7. The molecular weight excluding hydrogens is 293 g/mol. The van der Waals surface area contributed by atoms with E-state index in [1.807, 2.05) is 0 Å². The van der Waals surface area contributed by atoms with Crippen molar-refractivity contribution in [2.45, 2.75) is 6.10 Å². The van der Waals surface area contributed by atoms with Crippen molar-refractivity contribution >= 4 is 41.5 Å². The van der Waals surface area contributed by atoms with Crippen molar-refractivity contribution in [1.29, 1.82) is 0 Å². The zero-order valence-electron chi connectivity index (χ0n) is 10.2. The van der Waals surface area contributed by atoms with Crippen LogP contribution in [0.1, 0.15) is 10.4 Å². The van der Waals surface area contributed by atoms with E-state index >= 15 is 0 Å². The maximum atomic E-state index is 11.7. The fourth-order valence-corrected chi connectivity index (χ4v) is 1.54. The van der Waals surface area contributed by atoms with Crippen LogP contribution in [0.4, 0.5) is 5.69 Å². The molecule has 0 heterocycles. The monoisotopic (exact) mass is 307 g/mol. The number of carbonyl (C=O) groups excluding carboxylic acids is 2. The Hall–Kier alpha value is -1.34. The Morgan fingerprint density at radius 2 is 2.11 bits per heavy atom. The molecule has 0 fully saturated rings. The van der Waals surface area contributed by atoms with Crippen LogP contribution in [0, 0.1) is 0 Å². The molecule has 0 bridgehead atoms. The van der Waals surface area contributed by atoms with E-state index in [1.165, 1.54) is 19.2 Å². The first-order chi connectivity index (χ1) is 8.49. The lowest BCUT2D eigenvalue weighted by Gasteiger charge is -2.13. The number of methoxy groups -OCH3 is 1. The van der Waals surface area contributed by atoms with Crippen molar-refractivity contribution in [2.24, 2.45) is 11.5 Å². The molecule has 1 rings (SSSR count). The zero-order chi connectivity index (χ0) is 13.7. The number of nitrogens with one attached hydrogen (secondary N) is 1. The molecule has 0 aromatic heterocycles. The van der Waals surface area contributed by atoms with Crippen LogP contribution in [0.25, 0.3) is 0 Å². The van der Waals surface area contributed by atoms with Crippen LogP contribution in [0.5, 0.6) is 0 Å². The van der Waals surface area contributed by atoms with Crippen molar-refractivity contribution in [1.82, 2.24) is 0 Å². The van der Waals surface area contributed by atoms with Gasteiger partial charge in [-0.2, -0.15) is 0 Å². The average molecular weight is 308 g/mol. The lowest BCUT2D eigenvalue weighted by molar-refractivity contribution is -0.125. The number of benzene rings is 1. The molecule has 8 heteroatoms. The summed E-state index contributed by atoms with van der Waals surface area (Å²) in [7, 11) is 1.38. The second kappa shape index (κ2) is 7.96. The van der Waals surface area contributed by atoms with Crippen molar-refractivity contribution in [3.05, 3.63) is 28.8 Å². The summed E-state index contributed by atoms with van der Waals surface area (Å²) < 4.78 is 4.88. The summed E-state index contributed by atoms with van der Waals surface area (Å²) in [4.78, 5) is 22.8. The Balaban J connectivity index is 0.00000324. The molecule has 0 radical (unpaired) electrons. The van der Waals surface area contributed by atoms with Crippen molar-refractivity contribution in [3.8, 4) is 0 Å². The molecule has 2 amide bonds. The normalized spacial score (nSPS) is 11.3. The van der Waals surface area contributed by atoms with Crippen LogP contribution in [0.3, 0.4) is 0 Å². The summed E-state index contributed by atoms with van der Waals surface area (Å²) in [5.74, 6) is -1.07. The van der Waals surface area contributed by atoms with E-state index in [0.29, 0.717) is 5.69 Å². The summed E-state index contributed by atoms with van der Waals surface area (Å²) in [6, 6.07) is 4.42. The fraction of sp³-hybridized carbons (Fsp3) is 0.273. The van der Waals surface area contributed by atoms with E-state index in [2.05, 4.69) is 5.32 Å². The lowest BCUT2D eigenvalue weighted by Crippen LogP contribution is -2.35. The van der Waals surface area contributed by atoms with E-state index in [1.54, 1.807) is 6.07 Å². The highest BCUT2D eigenvalue weighted by Crippen LogP contribution is 2.20. The van der Waals surface area contributed by atoms with E-state index in [4.69, 9.17) is 27.8 Å². The van der Waals surface area contributed by atoms with Gasteiger partial charge >= 0.3 is 0 Å². The number of ether oxygens (including phenoxy) is 1. The molecule has 1 unspecified atom stereocenters. The Morgan fingerprint density at radius 3 is 2.58 bits per heavy atom. The van der Waals surface area contributed by atoms with Gasteiger partial charge in [0.15, 0.2) is 0 Å². The largest absolute Gasteiger partial charge is 0.370 e. The van der Waals surface area contributed by atoms with Gasteiger partial charge in [0.2, 0.25) is 5.91 Å². The van der Waals surface area contributed by atoms with Gasteiger partial charge < -0.3 is 21.5 Å². The number of amides is 2. The minimum atomic E-state index is -0.752. The number of nitrogens with two attached hydrogens (primary N) is 2. The summed E-state index contributed by atoms with van der Waals surface area (Å²) >= 11 is 5.79. The van der Waals surface area contributed by atoms with E-state index in [0.717, 1.165) is 0 Å². The van der Waals surface area contributed by atoms with Crippen LogP contribution < -0.4 is 16.8 Å². The highest BCUT2D eigenvalue weighted by atomic mass is 35.5. The number of hydrogen-bond donors (Lipinski definition) is 3. The number of hydrogen-bond acceptors (Lipinski definition) is 4. The van der Waals surface area contributed by atoms with Gasteiger partial charge in [-0.1, -0.05) is 11.6 Å².